The van der Waals surface area contributed by atoms with E-state index in [0.29, 0.717) is 36.1 Å². The van der Waals surface area contributed by atoms with E-state index < -0.39 is 11.9 Å². The third-order valence-electron chi connectivity index (χ3n) is 2.77. The number of hydrogen-bond acceptors (Lipinski definition) is 8. The first-order valence-corrected chi connectivity index (χ1v) is 10.0. The zero-order valence-corrected chi connectivity index (χ0v) is 16.3. The molecule has 26 heavy (non-hydrogen) atoms. The van der Waals surface area contributed by atoms with Gasteiger partial charge in [0.05, 0.1) is 35.4 Å². The quantitative estimate of drug-likeness (QED) is 0.535. The first-order valence-electron chi connectivity index (χ1n) is 8.06. The highest BCUT2D eigenvalue weighted by atomic mass is 32.2. The normalized spacial score (nSPS) is 19.8. The van der Waals surface area contributed by atoms with Crippen molar-refractivity contribution < 1.29 is 28.7 Å². The Kier molecular flexibility index (Phi) is 10.6. The van der Waals surface area contributed by atoms with Crippen LogP contribution in [0.5, 0.6) is 0 Å². The van der Waals surface area contributed by atoms with Gasteiger partial charge >= 0.3 is 11.9 Å². The number of hydrogen-bond donors (Lipinski definition) is 2. The summed E-state index contributed by atoms with van der Waals surface area (Å²) in [4.78, 5) is 43.7. The number of thioether (sulfide) groups is 2. The molecule has 10 heteroatoms. The van der Waals surface area contributed by atoms with Crippen molar-refractivity contribution in [2.75, 3.05) is 24.7 Å². The molecule has 0 unspecified atom stereocenters. The fourth-order valence-electron chi connectivity index (χ4n) is 1.72. The van der Waals surface area contributed by atoms with Gasteiger partial charge in [-0.2, -0.15) is 0 Å². The van der Waals surface area contributed by atoms with Gasteiger partial charge in [0, 0.05) is 24.3 Å². The third-order valence-corrected chi connectivity index (χ3v) is 4.65. The molecule has 2 heterocycles. The number of rotatable bonds is 4. The van der Waals surface area contributed by atoms with E-state index in [2.05, 4.69) is 10.6 Å². The Morgan fingerprint density at radius 1 is 0.885 bits per heavy atom. The van der Waals surface area contributed by atoms with Crippen LogP contribution in [0, 0.1) is 0 Å². The molecule has 2 aliphatic heterocycles. The molecule has 144 valence electrons. The maximum Gasteiger partial charge on any atom is 0.333 e. The van der Waals surface area contributed by atoms with Crippen LogP contribution in [0.1, 0.15) is 26.7 Å². The van der Waals surface area contributed by atoms with Gasteiger partial charge < -0.3 is 20.1 Å². The van der Waals surface area contributed by atoms with E-state index in [1.807, 2.05) is 0 Å². The lowest BCUT2D eigenvalue weighted by atomic mass is 10.4. The van der Waals surface area contributed by atoms with Gasteiger partial charge in [-0.05, 0) is 13.8 Å². The summed E-state index contributed by atoms with van der Waals surface area (Å²) in [6, 6.07) is 0. The second-order valence-electron chi connectivity index (χ2n) is 4.81. The molecule has 8 nitrogen and oxygen atoms in total. The van der Waals surface area contributed by atoms with Crippen LogP contribution in [-0.2, 0) is 28.7 Å². The molecule has 0 aromatic carbocycles. The molecule has 2 fully saturated rings. The lowest BCUT2D eigenvalue weighted by Crippen LogP contribution is -2.26. The minimum atomic E-state index is -0.410. The van der Waals surface area contributed by atoms with Crippen LogP contribution in [0.15, 0.2) is 22.2 Å². The van der Waals surface area contributed by atoms with E-state index in [-0.39, 0.29) is 11.8 Å². The van der Waals surface area contributed by atoms with Gasteiger partial charge in [0.25, 0.3) is 0 Å². The van der Waals surface area contributed by atoms with Crippen molar-refractivity contribution >= 4 is 47.3 Å². The highest BCUT2D eigenvalue weighted by molar-refractivity contribution is 8.03. The van der Waals surface area contributed by atoms with E-state index >= 15 is 0 Å². The lowest BCUT2D eigenvalue weighted by molar-refractivity contribution is -0.138. The predicted molar refractivity (Wildman–Crippen MR) is 99.9 cm³/mol. The van der Waals surface area contributed by atoms with Crippen molar-refractivity contribution in [3.8, 4) is 0 Å². The van der Waals surface area contributed by atoms with Crippen molar-refractivity contribution in [3.05, 3.63) is 22.2 Å². The molecular formula is C16H22N2O6S2. The highest BCUT2D eigenvalue weighted by Crippen LogP contribution is 2.19. The van der Waals surface area contributed by atoms with Crippen molar-refractivity contribution in [3.63, 3.8) is 0 Å². The Morgan fingerprint density at radius 3 is 1.58 bits per heavy atom. The molecule has 0 aromatic rings. The van der Waals surface area contributed by atoms with Crippen LogP contribution >= 0.6 is 23.5 Å². The smallest absolute Gasteiger partial charge is 0.333 e. The summed E-state index contributed by atoms with van der Waals surface area (Å²) >= 11 is 2.90. The standard InChI is InChI=1S/2C8H11NO3S/c2*1-2-12-8(11)5-7-9-6(10)3-4-13-7/h2*5H,2-4H2,1H3,(H,9,10)/b2*7-5+. The first kappa shape index (κ1) is 22.1. The van der Waals surface area contributed by atoms with Crippen molar-refractivity contribution in [1.29, 1.82) is 0 Å². The fraction of sp³-hybridized carbons (Fsp3) is 0.500. The van der Waals surface area contributed by atoms with Crippen LogP contribution in [0.3, 0.4) is 0 Å². The number of ether oxygens (including phenoxy) is 2. The summed E-state index contributed by atoms with van der Waals surface area (Å²) in [7, 11) is 0. The molecule has 0 atom stereocenters. The van der Waals surface area contributed by atoms with Gasteiger partial charge in [0.2, 0.25) is 11.8 Å². The van der Waals surface area contributed by atoms with Crippen molar-refractivity contribution in [2.24, 2.45) is 0 Å². The SMILES string of the molecule is CCOC(=O)/C=C1\NC(=O)CCS1.CCOC(=O)/C=C1\NC(=O)CCS1. The summed E-state index contributed by atoms with van der Waals surface area (Å²) in [5.41, 5.74) is 0. The maximum absolute atomic E-state index is 11.0. The van der Waals surface area contributed by atoms with Crippen LogP contribution in [0.25, 0.3) is 0 Å². The minimum absolute atomic E-state index is 0.0469. The molecular weight excluding hydrogens is 380 g/mol. The topological polar surface area (TPSA) is 111 Å². The molecule has 0 aromatic heterocycles. The van der Waals surface area contributed by atoms with E-state index in [4.69, 9.17) is 9.47 Å². The van der Waals surface area contributed by atoms with Gasteiger partial charge in [-0.15, -0.1) is 23.5 Å². The molecule has 2 N–H and O–H groups in total. The second-order valence-corrected chi connectivity index (χ2v) is 7.09. The van der Waals surface area contributed by atoms with Gasteiger partial charge in [0.1, 0.15) is 0 Å². The fourth-order valence-corrected chi connectivity index (χ4v) is 3.46. The number of nitrogens with one attached hydrogen (secondary N) is 2. The van der Waals surface area contributed by atoms with Gasteiger partial charge in [-0.25, -0.2) is 9.59 Å². The molecule has 2 saturated heterocycles. The summed E-state index contributed by atoms with van der Waals surface area (Å²) in [6.07, 6.45) is 3.63. The maximum atomic E-state index is 11.0. The number of carbonyl (C=O) groups is 4. The first-order chi connectivity index (χ1) is 12.4. The second kappa shape index (κ2) is 12.4. The van der Waals surface area contributed by atoms with Crippen LogP contribution in [0.2, 0.25) is 0 Å². The van der Waals surface area contributed by atoms with Crippen LogP contribution in [-0.4, -0.2) is 48.5 Å². The summed E-state index contributed by atoms with van der Waals surface area (Å²) < 4.78 is 9.40. The van der Waals surface area contributed by atoms with Gasteiger partial charge in [-0.3, -0.25) is 9.59 Å². The van der Waals surface area contributed by atoms with Crippen molar-refractivity contribution in [2.45, 2.75) is 26.7 Å². The van der Waals surface area contributed by atoms with E-state index in [9.17, 15) is 19.2 Å². The average molecular weight is 402 g/mol. The predicted octanol–water partition coefficient (Wildman–Crippen LogP) is 1.29. The van der Waals surface area contributed by atoms with Gasteiger partial charge in [-0.1, -0.05) is 0 Å². The molecule has 0 saturated carbocycles. The Labute approximate surface area is 160 Å². The molecule has 0 bridgehead atoms. The third kappa shape index (κ3) is 9.52. The lowest BCUT2D eigenvalue weighted by Gasteiger charge is -2.13. The van der Waals surface area contributed by atoms with E-state index in [1.165, 1.54) is 35.7 Å². The Hall–Kier alpha value is -1.94. The molecule has 0 spiro atoms. The van der Waals surface area contributed by atoms with E-state index in [1.54, 1.807) is 13.8 Å². The number of amides is 2. The van der Waals surface area contributed by atoms with E-state index in [0.717, 1.165) is 11.5 Å². The zero-order valence-electron chi connectivity index (χ0n) is 14.7. The summed E-state index contributed by atoms with van der Waals surface area (Å²) in [5.74, 6) is 0.525. The molecule has 2 amide bonds. The monoisotopic (exact) mass is 402 g/mol. The molecule has 2 rings (SSSR count). The summed E-state index contributed by atoms with van der Waals surface area (Å²) in [6.45, 7) is 4.18. The zero-order chi connectivity index (χ0) is 19.4. The molecule has 0 radical (unpaired) electrons. The minimum Gasteiger partial charge on any atom is -0.463 e. The number of carbonyl (C=O) groups excluding carboxylic acids is 4. The van der Waals surface area contributed by atoms with Crippen LogP contribution < -0.4 is 10.6 Å². The van der Waals surface area contributed by atoms with Gasteiger partial charge in [0.15, 0.2) is 0 Å². The Bertz CT molecular complexity index is 552. The Balaban J connectivity index is 0.000000260. The highest BCUT2D eigenvalue weighted by Gasteiger charge is 2.14. The van der Waals surface area contributed by atoms with Crippen LogP contribution in [0.4, 0.5) is 0 Å². The average Bonchev–Trinajstić information content (AvgIpc) is 2.56. The Morgan fingerprint density at radius 2 is 1.27 bits per heavy atom. The van der Waals surface area contributed by atoms with Crippen molar-refractivity contribution in [1.82, 2.24) is 10.6 Å². The molecule has 2 aliphatic rings. The summed E-state index contributed by atoms with van der Waals surface area (Å²) in [5, 5.41) is 6.34. The molecule has 0 aliphatic carbocycles. The largest absolute Gasteiger partial charge is 0.463 e. The number of esters is 2.